The van der Waals surface area contributed by atoms with Crippen LogP contribution < -0.4 is 5.32 Å². The van der Waals surface area contributed by atoms with E-state index in [0.717, 1.165) is 37.8 Å². The van der Waals surface area contributed by atoms with Crippen LogP contribution in [0.4, 0.5) is 21.8 Å². The molecule has 0 spiro atoms. The van der Waals surface area contributed by atoms with Gasteiger partial charge in [0.15, 0.2) is 17.3 Å². The molecule has 2 aliphatic rings. The maximum Gasteiger partial charge on any atom is 0.229 e. The van der Waals surface area contributed by atoms with E-state index in [1.807, 2.05) is 0 Å². The Morgan fingerprint density at radius 1 is 1.25 bits per heavy atom. The topological polar surface area (TPSA) is 88.3 Å². The van der Waals surface area contributed by atoms with Crippen molar-refractivity contribution in [3.05, 3.63) is 65.2 Å². The largest absolute Gasteiger partial charge is 0.324 e. The molecule has 36 heavy (non-hydrogen) atoms. The summed E-state index contributed by atoms with van der Waals surface area (Å²) in [6.07, 6.45) is -0.953. The Morgan fingerprint density at radius 2 is 2.11 bits per heavy atom. The Labute approximate surface area is 218 Å². The van der Waals surface area contributed by atoms with Crippen molar-refractivity contribution in [3.8, 4) is 5.82 Å². The van der Waals surface area contributed by atoms with Crippen molar-refractivity contribution < 1.29 is 16.8 Å². The number of anilines is 2. The average molecular weight is 512 g/mol. The van der Waals surface area contributed by atoms with Crippen LogP contribution in [0.15, 0.2) is 47.1 Å². The van der Waals surface area contributed by atoms with E-state index in [0.29, 0.717) is 5.92 Å². The second-order valence-electron chi connectivity index (χ2n) is 9.37. The fraction of sp³-hybridized carbons (Fsp3) is 0.346. The molecule has 3 aromatic heterocycles. The highest BCUT2D eigenvalue weighted by molar-refractivity contribution is 7.92. The van der Waals surface area contributed by atoms with Crippen molar-refractivity contribution in [2.45, 2.75) is 31.7 Å². The molecule has 1 unspecified atom stereocenters. The summed E-state index contributed by atoms with van der Waals surface area (Å²) in [7, 11) is -2.60. The number of fused-ring (bicyclic) bond motifs is 1. The smallest absolute Gasteiger partial charge is 0.229 e. The molecule has 4 aromatic rings. The zero-order valence-electron chi connectivity index (χ0n) is 25.5. The Morgan fingerprint density at radius 3 is 2.97 bits per heavy atom. The highest BCUT2D eigenvalue weighted by Crippen LogP contribution is 2.40. The van der Waals surface area contributed by atoms with E-state index < -0.39 is 27.9 Å². The standard InChI is InChI=1S/C26H28FN7OS/c1-33-13-17-7-4-6-16-10-19(11-18(14-33)24(16)17)29-26-28-12-20-21(27)15-34(25(20)31-26)23-9-5-8-22(30-23)32-36(2,3)35/h5,8-12,15,17H,4,6-7,13-14H2,1-3H3,(H,28,29,31)/i2D3,3D3. The van der Waals surface area contributed by atoms with Crippen LogP contribution in [-0.2, 0) is 22.7 Å². The van der Waals surface area contributed by atoms with Gasteiger partial charge in [0.2, 0.25) is 5.95 Å². The van der Waals surface area contributed by atoms with Crippen molar-refractivity contribution in [1.82, 2.24) is 24.4 Å². The molecule has 4 heterocycles. The van der Waals surface area contributed by atoms with E-state index in [1.54, 1.807) is 0 Å². The number of aryl methyl sites for hydroxylation is 1. The zero-order chi connectivity index (χ0) is 30.0. The van der Waals surface area contributed by atoms with Crippen LogP contribution in [0.3, 0.4) is 0 Å². The van der Waals surface area contributed by atoms with Crippen LogP contribution in [-0.4, -0.2) is 54.6 Å². The van der Waals surface area contributed by atoms with Crippen molar-refractivity contribution in [2.24, 2.45) is 4.36 Å². The first-order valence-corrected chi connectivity index (χ1v) is 13.1. The first-order valence-electron chi connectivity index (χ1n) is 14.6. The lowest BCUT2D eigenvalue weighted by molar-refractivity contribution is 0.266. The molecule has 1 aliphatic carbocycles. The van der Waals surface area contributed by atoms with Gasteiger partial charge in [-0.1, -0.05) is 6.07 Å². The molecule has 6 rings (SSSR count). The summed E-state index contributed by atoms with van der Waals surface area (Å²) < 4.78 is 78.0. The SMILES string of the molecule is [2H]C([2H])([2H])S(=O)(=Nc1cccc(-n2cc(F)c3cnc(Nc4cc5c6c(c4)CN(C)CC6CCC5)nc32)n1)C([2H])([2H])[2H]. The Hall–Kier alpha value is -3.37. The second-order valence-corrected chi connectivity index (χ2v) is 10.6. The van der Waals surface area contributed by atoms with Gasteiger partial charge in [0, 0.05) is 61.5 Å². The highest BCUT2D eigenvalue weighted by atomic mass is 32.2. The number of aromatic nitrogens is 4. The van der Waals surface area contributed by atoms with Crippen LogP contribution >= 0.6 is 0 Å². The molecule has 0 saturated carbocycles. The van der Waals surface area contributed by atoms with Crippen LogP contribution in [0.25, 0.3) is 16.9 Å². The van der Waals surface area contributed by atoms with Gasteiger partial charge in [-0.3, -0.25) is 4.57 Å². The Bertz CT molecular complexity index is 1810. The molecule has 0 bridgehead atoms. The molecular weight excluding hydrogens is 477 g/mol. The maximum atomic E-state index is 14.9. The average Bonchev–Trinajstić information content (AvgIpc) is 3.23. The lowest BCUT2D eigenvalue weighted by Gasteiger charge is -2.37. The van der Waals surface area contributed by atoms with Gasteiger partial charge < -0.3 is 10.2 Å². The van der Waals surface area contributed by atoms with Gasteiger partial charge in [0.1, 0.15) is 5.82 Å². The van der Waals surface area contributed by atoms with E-state index in [1.165, 1.54) is 52.1 Å². The lowest BCUT2D eigenvalue weighted by atomic mass is 9.77. The molecular formula is C26H28FN7OS. The number of likely N-dealkylation sites (N-methyl/N-ethyl adjacent to an activating group) is 1. The Kier molecular flexibility index (Phi) is 4.11. The van der Waals surface area contributed by atoms with Gasteiger partial charge in [-0.15, -0.1) is 0 Å². The van der Waals surface area contributed by atoms with Crippen molar-refractivity contribution in [3.63, 3.8) is 0 Å². The monoisotopic (exact) mass is 511 g/mol. The minimum atomic E-state index is -4.73. The highest BCUT2D eigenvalue weighted by Gasteiger charge is 2.29. The molecule has 1 N–H and O–H groups in total. The van der Waals surface area contributed by atoms with Crippen LogP contribution in [0.1, 0.15) is 43.7 Å². The van der Waals surface area contributed by atoms with Gasteiger partial charge in [0.05, 0.1) is 5.39 Å². The summed E-state index contributed by atoms with van der Waals surface area (Å²) in [4.78, 5) is 15.4. The molecule has 1 aromatic carbocycles. The number of rotatable bonds is 4. The van der Waals surface area contributed by atoms with Gasteiger partial charge in [-0.25, -0.2) is 18.6 Å². The molecule has 0 radical (unpaired) electrons. The molecule has 186 valence electrons. The predicted octanol–water partition coefficient (Wildman–Crippen LogP) is 4.92. The minimum absolute atomic E-state index is 0.0694. The summed E-state index contributed by atoms with van der Waals surface area (Å²) in [5, 5.41) is 3.37. The summed E-state index contributed by atoms with van der Waals surface area (Å²) >= 11 is 0. The van der Waals surface area contributed by atoms with Crippen LogP contribution in [0.2, 0.25) is 0 Å². The van der Waals surface area contributed by atoms with E-state index in [-0.39, 0.29) is 28.6 Å². The molecule has 8 nitrogen and oxygen atoms in total. The van der Waals surface area contributed by atoms with Gasteiger partial charge in [-0.05, 0) is 73.2 Å². The van der Waals surface area contributed by atoms with Crippen LogP contribution in [0, 0.1) is 5.82 Å². The van der Waals surface area contributed by atoms with E-state index >= 15 is 0 Å². The predicted molar refractivity (Wildman–Crippen MR) is 140 cm³/mol. The van der Waals surface area contributed by atoms with Gasteiger partial charge in [-0.2, -0.15) is 9.35 Å². The molecule has 0 amide bonds. The third kappa shape index (κ3) is 4.35. The maximum absolute atomic E-state index is 14.9. The Balaban J connectivity index is 1.39. The summed E-state index contributed by atoms with van der Waals surface area (Å²) in [6, 6.07) is 8.38. The van der Waals surface area contributed by atoms with E-state index in [4.69, 9.17) is 8.22 Å². The summed E-state index contributed by atoms with van der Waals surface area (Å²) in [6.45, 7) is 1.91. The lowest BCUT2D eigenvalue weighted by Crippen LogP contribution is -2.33. The summed E-state index contributed by atoms with van der Waals surface area (Å²) in [5.74, 6) is -0.162. The van der Waals surface area contributed by atoms with Gasteiger partial charge >= 0.3 is 0 Å². The number of pyridine rings is 1. The third-order valence-electron chi connectivity index (χ3n) is 6.67. The first-order chi connectivity index (χ1) is 19.7. The van der Waals surface area contributed by atoms with Crippen molar-refractivity contribution in [2.75, 3.05) is 31.3 Å². The second kappa shape index (κ2) is 8.63. The van der Waals surface area contributed by atoms with Crippen molar-refractivity contribution in [1.29, 1.82) is 0 Å². The van der Waals surface area contributed by atoms with Crippen LogP contribution in [0.5, 0.6) is 0 Å². The van der Waals surface area contributed by atoms with Crippen molar-refractivity contribution >= 4 is 38.2 Å². The number of benzene rings is 1. The fourth-order valence-electron chi connectivity index (χ4n) is 5.37. The number of hydrogen-bond donors (Lipinski definition) is 1. The fourth-order valence-corrected chi connectivity index (χ4v) is 5.74. The van der Waals surface area contributed by atoms with E-state index in [2.05, 4.69) is 48.7 Å². The minimum Gasteiger partial charge on any atom is -0.324 e. The number of hydrogen-bond acceptors (Lipinski definition) is 7. The quantitative estimate of drug-likeness (QED) is 0.418. The normalized spacial score (nSPS) is 20.9. The molecule has 0 fully saturated rings. The zero-order valence-corrected chi connectivity index (χ0v) is 20.3. The van der Waals surface area contributed by atoms with E-state index in [9.17, 15) is 8.60 Å². The third-order valence-corrected chi connectivity index (χ3v) is 7.12. The molecule has 0 saturated heterocycles. The first kappa shape index (κ1) is 17.1. The van der Waals surface area contributed by atoms with Gasteiger partial charge in [0.25, 0.3) is 0 Å². The molecule has 1 atom stereocenters. The number of halogens is 1. The summed E-state index contributed by atoms with van der Waals surface area (Å²) in [5.41, 5.74) is 5.06. The molecule has 10 heteroatoms. The number of nitrogens with zero attached hydrogens (tertiary/aromatic N) is 6. The molecule has 1 aliphatic heterocycles. The number of nitrogens with one attached hydrogen (secondary N) is 1.